The second kappa shape index (κ2) is 10.6. The highest BCUT2D eigenvalue weighted by Gasteiger charge is 2.28. The van der Waals surface area contributed by atoms with Gasteiger partial charge in [0.15, 0.2) is 5.12 Å². The molecule has 0 spiro atoms. The highest BCUT2D eigenvalue weighted by molar-refractivity contribution is 8.13. The SMILES string of the molecule is CCOC(=O)C(CCCC(=O)SC)c1cc(-c2ccc(F)cc2)oc(=O)c1C#N. The van der Waals surface area contributed by atoms with Gasteiger partial charge in [0.25, 0.3) is 0 Å². The predicted octanol–water partition coefficient (Wildman–Crippen LogP) is 4.02. The number of halogens is 1. The Morgan fingerprint density at radius 2 is 2.00 bits per heavy atom. The summed E-state index contributed by atoms with van der Waals surface area (Å²) in [6.07, 6.45) is 2.55. The topological polar surface area (TPSA) is 97.4 Å². The Morgan fingerprint density at radius 3 is 2.59 bits per heavy atom. The molecule has 2 rings (SSSR count). The molecule has 1 aromatic heterocycles. The zero-order chi connectivity index (χ0) is 21.4. The van der Waals surface area contributed by atoms with Crippen molar-refractivity contribution in [2.75, 3.05) is 12.9 Å². The Kier molecular flexibility index (Phi) is 8.16. The zero-order valence-electron chi connectivity index (χ0n) is 16.1. The van der Waals surface area contributed by atoms with Crippen molar-refractivity contribution in [3.05, 3.63) is 57.7 Å². The molecule has 0 fully saturated rings. The molecule has 8 heteroatoms. The van der Waals surface area contributed by atoms with Gasteiger partial charge in [-0.1, -0.05) is 11.8 Å². The van der Waals surface area contributed by atoms with E-state index in [0.29, 0.717) is 12.0 Å². The third kappa shape index (κ3) is 5.78. The molecule has 0 amide bonds. The van der Waals surface area contributed by atoms with E-state index in [-0.39, 0.29) is 41.5 Å². The maximum absolute atomic E-state index is 13.2. The van der Waals surface area contributed by atoms with E-state index in [9.17, 15) is 24.0 Å². The lowest BCUT2D eigenvalue weighted by Crippen LogP contribution is -2.21. The number of hydrogen-bond acceptors (Lipinski definition) is 7. The predicted molar refractivity (Wildman–Crippen MR) is 107 cm³/mol. The summed E-state index contributed by atoms with van der Waals surface area (Å²) >= 11 is 1.10. The maximum Gasteiger partial charge on any atom is 0.354 e. The Morgan fingerprint density at radius 1 is 1.31 bits per heavy atom. The first-order valence-corrected chi connectivity index (χ1v) is 10.2. The van der Waals surface area contributed by atoms with Crippen molar-refractivity contribution < 1.29 is 23.1 Å². The van der Waals surface area contributed by atoms with Crippen LogP contribution in [0.1, 0.15) is 43.2 Å². The first-order chi connectivity index (χ1) is 13.9. The van der Waals surface area contributed by atoms with E-state index in [1.54, 1.807) is 19.2 Å². The Bertz CT molecular complexity index is 978. The molecular weight excluding hydrogens is 397 g/mol. The Hall–Kier alpha value is -2.92. The molecular formula is C21H20FNO5S. The van der Waals surface area contributed by atoms with Gasteiger partial charge in [0.1, 0.15) is 23.2 Å². The number of carbonyl (C=O) groups is 2. The molecule has 1 unspecified atom stereocenters. The van der Waals surface area contributed by atoms with Crippen LogP contribution >= 0.6 is 11.8 Å². The van der Waals surface area contributed by atoms with E-state index in [0.717, 1.165) is 11.8 Å². The summed E-state index contributed by atoms with van der Waals surface area (Å²) in [6.45, 7) is 1.79. The van der Waals surface area contributed by atoms with E-state index >= 15 is 0 Å². The van der Waals surface area contributed by atoms with Crippen LogP contribution in [0.25, 0.3) is 11.3 Å². The van der Waals surface area contributed by atoms with E-state index in [4.69, 9.17) is 9.15 Å². The lowest BCUT2D eigenvalue weighted by atomic mass is 9.90. The zero-order valence-corrected chi connectivity index (χ0v) is 16.9. The number of nitriles is 1. The molecule has 0 aliphatic carbocycles. The van der Waals surface area contributed by atoms with Gasteiger partial charge in [-0.3, -0.25) is 9.59 Å². The Balaban J connectivity index is 2.50. The fourth-order valence-electron chi connectivity index (χ4n) is 2.85. The smallest absolute Gasteiger partial charge is 0.354 e. The summed E-state index contributed by atoms with van der Waals surface area (Å²) < 4.78 is 23.5. The van der Waals surface area contributed by atoms with E-state index in [1.165, 1.54) is 30.3 Å². The molecule has 6 nitrogen and oxygen atoms in total. The van der Waals surface area contributed by atoms with Gasteiger partial charge in [0.2, 0.25) is 0 Å². The molecule has 0 aliphatic rings. The summed E-state index contributed by atoms with van der Waals surface area (Å²) in [4.78, 5) is 36.5. The molecule has 0 N–H and O–H groups in total. The van der Waals surface area contributed by atoms with Gasteiger partial charge in [-0.25, -0.2) is 9.18 Å². The molecule has 0 aliphatic heterocycles. The average Bonchev–Trinajstić information content (AvgIpc) is 2.71. The van der Waals surface area contributed by atoms with Gasteiger partial charge in [0, 0.05) is 12.0 Å². The number of thioether (sulfide) groups is 1. The molecule has 0 radical (unpaired) electrons. The monoisotopic (exact) mass is 417 g/mol. The normalized spacial score (nSPS) is 11.5. The van der Waals surface area contributed by atoms with E-state index in [1.807, 2.05) is 0 Å². The minimum atomic E-state index is -0.900. The van der Waals surface area contributed by atoms with Gasteiger partial charge in [-0.05, 0) is 61.9 Å². The average molecular weight is 417 g/mol. The highest BCUT2D eigenvalue weighted by atomic mass is 32.2. The van der Waals surface area contributed by atoms with Crippen LogP contribution in [0.5, 0.6) is 0 Å². The van der Waals surface area contributed by atoms with Gasteiger partial charge in [0.05, 0.1) is 12.5 Å². The molecule has 0 saturated carbocycles. The number of hydrogen-bond donors (Lipinski definition) is 0. The molecule has 2 aromatic rings. The van der Waals surface area contributed by atoms with Gasteiger partial charge >= 0.3 is 11.6 Å². The molecule has 1 heterocycles. The first kappa shape index (κ1) is 22.4. The lowest BCUT2D eigenvalue weighted by molar-refractivity contribution is -0.145. The van der Waals surface area contributed by atoms with Crippen LogP contribution in [0, 0.1) is 17.1 Å². The highest BCUT2D eigenvalue weighted by Crippen LogP contribution is 2.30. The van der Waals surface area contributed by atoms with Crippen molar-refractivity contribution in [1.82, 2.24) is 0 Å². The van der Waals surface area contributed by atoms with Crippen molar-refractivity contribution in [3.8, 4) is 17.4 Å². The summed E-state index contributed by atoms with van der Waals surface area (Å²) in [5.41, 5.74) is -0.573. The van der Waals surface area contributed by atoms with Crippen LogP contribution in [0.15, 0.2) is 39.5 Å². The van der Waals surface area contributed by atoms with Crippen LogP contribution in [-0.4, -0.2) is 23.9 Å². The maximum atomic E-state index is 13.2. The van der Waals surface area contributed by atoms with Crippen LogP contribution < -0.4 is 5.63 Å². The van der Waals surface area contributed by atoms with Crippen molar-refractivity contribution in [2.45, 2.75) is 32.1 Å². The van der Waals surface area contributed by atoms with Crippen molar-refractivity contribution in [2.24, 2.45) is 0 Å². The number of esters is 1. The summed E-state index contributed by atoms with van der Waals surface area (Å²) in [5.74, 6) is -1.83. The summed E-state index contributed by atoms with van der Waals surface area (Å²) in [7, 11) is 0. The fourth-order valence-corrected chi connectivity index (χ4v) is 3.20. The number of rotatable bonds is 8. The lowest BCUT2D eigenvalue weighted by Gasteiger charge is -2.17. The van der Waals surface area contributed by atoms with Crippen LogP contribution in [0.4, 0.5) is 4.39 Å². The van der Waals surface area contributed by atoms with Crippen molar-refractivity contribution >= 4 is 22.8 Å². The number of ether oxygens (including phenoxy) is 1. The van der Waals surface area contributed by atoms with E-state index < -0.39 is 23.3 Å². The molecule has 0 bridgehead atoms. The number of benzene rings is 1. The summed E-state index contributed by atoms with van der Waals surface area (Å²) in [6, 6.07) is 8.52. The largest absolute Gasteiger partial charge is 0.466 e. The van der Waals surface area contributed by atoms with Gasteiger partial charge in [-0.15, -0.1) is 0 Å². The van der Waals surface area contributed by atoms with Gasteiger partial charge < -0.3 is 9.15 Å². The first-order valence-electron chi connectivity index (χ1n) is 8.98. The third-order valence-electron chi connectivity index (χ3n) is 4.27. The van der Waals surface area contributed by atoms with Crippen LogP contribution in [0.2, 0.25) is 0 Å². The Labute approximate surface area is 171 Å². The number of carbonyl (C=O) groups excluding carboxylic acids is 2. The fraction of sp³-hybridized carbons (Fsp3) is 0.333. The number of nitrogens with zero attached hydrogens (tertiary/aromatic N) is 1. The molecule has 0 saturated heterocycles. The molecule has 152 valence electrons. The van der Waals surface area contributed by atoms with Crippen molar-refractivity contribution in [3.63, 3.8) is 0 Å². The molecule has 29 heavy (non-hydrogen) atoms. The molecule has 1 atom stereocenters. The van der Waals surface area contributed by atoms with Crippen molar-refractivity contribution in [1.29, 1.82) is 5.26 Å². The third-order valence-corrected chi connectivity index (χ3v) is 4.93. The second-order valence-corrected chi connectivity index (χ2v) is 6.98. The second-order valence-electron chi connectivity index (χ2n) is 6.12. The van der Waals surface area contributed by atoms with Gasteiger partial charge in [-0.2, -0.15) is 5.26 Å². The quantitative estimate of drug-likeness (QED) is 0.598. The van der Waals surface area contributed by atoms with Crippen LogP contribution in [-0.2, 0) is 14.3 Å². The minimum absolute atomic E-state index is 0.0207. The van der Waals surface area contributed by atoms with Crippen LogP contribution in [0.3, 0.4) is 0 Å². The molecule has 1 aromatic carbocycles. The standard InChI is InChI=1S/C21H20FNO5S/c1-3-27-20(25)15(5-4-6-19(24)29-2)16-11-18(28-21(26)17(16)12-23)13-7-9-14(22)10-8-13/h7-11,15H,3-6H2,1-2H3. The minimum Gasteiger partial charge on any atom is -0.466 e. The van der Waals surface area contributed by atoms with E-state index in [2.05, 4.69) is 0 Å². The summed E-state index contributed by atoms with van der Waals surface area (Å²) in [5, 5.41) is 9.42.